The number of halogens is 2. The standard InChI is InChI=1S/C50H55F2N9O6/c1-25(2)53-37-20-41-39(19-35(37)51)59-34(24-65-41)23-58(48(59)64)44-42-29(6)57(13-11-36(42)55-61(44)33-15-26(3)43(52)27(4)16-33)45(62)40-18-32-17-30(31-12-14-66-49(7,8)22-31)9-10-38(32)60(40)50(21-28(50)5)46-54-47(63)67-56-46/h9-10,15-20,25,28-29,31,34,53H,11-14,21-24H2,1-8H3,(H,54,56,63)/t28-,29-,31-,34+,50-/m0/s1. The van der Waals surface area contributed by atoms with E-state index in [4.69, 9.17) is 19.1 Å². The number of fused-ring (bicyclic) bond motifs is 5. The number of rotatable bonds is 8. The van der Waals surface area contributed by atoms with E-state index in [-0.39, 0.29) is 54.0 Å². The van der Waals surface area contributed by atoms with Gasteiger partial charge in [-0.05, 0) is 127 Å². The Labute approximate surface area is 386 Å². The quantitative estimate of drug-likeness (QED) is 0.153. The predicted octanol–water partition coefficient (Wildman–Crippen LogP) is 8.64. The summed E-state index contributed by atoms with van der Waals surface area (Å²) in [7, 11) is 0. The number of anilines is 3. The van der Waals surface area contributed by atoms with Crippen LogP contribution in [0.2, 0.25) is 0 Å². The van der Waals surface area contributed by atoms with Crippen molar-refractivity contribution in [2.45, 2.75) is 116 Å². The van der Waals surface area contributed by atoms with Gasteiger partial charge in [0.25, 0.3) is 5.91 Å². The molecular weight excluding hydrogens is 861 g/mol. The molecule has 2 N–H and O–H groups in total. The molecule has 7 heterocycles. The molecule has 3 amide bonds. The van der Waals surface area contributed by atoms with Crippen LogP contribution in [-0.2, 0) is 16.7 Å². The van der Waals surface area contributed by atoms with Gasteiger partial charge in [0.05, 0.1) is 47.0 Å². The summed E-state index contributed by atoms with van der Waals surface area (Å²) in [6.45, 7) is 16.8. The molecule has 3 fully saturated rings. The Kier molecular flexibility index (Phi) is 9.82. The number of urea groups is 1. The number of carbonyl (C=O) groups excluding carboxylic acids is 2. The highest BCUT2D eigenvalue weighted by molar-refractivity contribution is 6.08. The van der Waals surface area contributed by atoms with Crippen LogP contribution in [0.5, 0.6) is 5.75 Å². The fourth-order valence-corrected chi connectivity index (χ4v) is 11.4. The summed E-state index contributed by atoms with van der Waals surface area (Å²) in [5.74, 6) is -0.290. The van der Waals surface area contributed by atoms with Crippen LogP contribution in [0, 0.1) is 31.4 Å². The topological polar surface area (TPSA) is 156 Å². The Morgan fingerprint density at radius 1 is 1.01 bits per heavy atom. The lowest BCUT2D eigenvalue weighted by molar-refractivity contribution is -0.0592. The monoisotopic (exact) mass is 915 g/mol. The SMILES string of the molecule is Cc1cc(-n2nc3c(c2N2C[C@@H]4COc5cc(NC(C)C)c(F)cc5N4C2=O)[C@H](C)N(C(=O)c2cc4cc([C@H]5CCOC(C)(C)C5)ccc4n2[C@@]2(c4noc(=O)[nH]4)C[C@@H]2C)CC3)cc(C)c1F. The first-order valence-electron chi connectivity index (χ1n) is 23.3. The normalized spacial score (nSPS) is 24.2. The second-order valence-corrected chi connectivity index (χ2v) is 20.2. The van der Waals surface area contributed by atoms with Crippen molar-refractivity contribution < 1.29 is 32.4 Å². The lowest BCUT2D eigenvalue weighted by atomic mass is 9.83. The van der Waals surface area contributed by atoms with E-state index in [1.807, 2.05) is 36.3 Å². The minimum Gasteiger partial charge on any atom is -0.489 e. The van der Waals surface area contributed by atoms with Gasteiger partial charge < -0.3 is 24.3 Å². The van der Waals surface area contributed by atoms with Crippen LogP contribution in [0.4, 0.5) is 30.8 Å². The Hall–Kier alpha value is -6.49. The molecule has 0 bridgehead atoms. The summed E-state index contributed by atoms with van der Waals surface area (Å²) in [5.41, 5.74) is 4.69. The van der Waals surface area contributed by atoms with Gasteiger partial charge in [-0.15, -0.1) is 0 Å². The summed E-state index contributed by atoms with van der Waals surface area (Å²) >= 11 is 0. The second kappa shape index (κ2) is 15.3. The lowest BCUT2D eigenvalue weighted by Crippen LogP contribution is -2.42. The molecule has 0 spiro atoms. The van der Waals surface area contributed by atoms with E-state index >= 15 is 18.4 Å². The molecular formula is C50H55F2N9O6. The molecule has 11 rings (SSSR count). The van der Waals surface area contributed by atoms with E-state index < -0.39 is 35.2 Å². The Balaban J connectivity index is 1.03. The van der Waals surface area contributed by atoms with Gasteiger partial charge in [-0.1, -0.05) is 18.1 Å². The molecule has 1 aliphatic carbocycles. The Morgan fingerprint density at radius 3 is 2.46 bits per heavy atom. The van der Waals surface area contributed by atoms with Crippen molar-refractivity contribution >= 4 is 40.0 Å². The number of aromatic amines is 1. The van der Waals surface area contributed by atoms with Crippen LogP contribution in [-0.4, -0.2) is 85.3 Å². The molecule has 0 unspecified atom stereocenters. The minimum atomic E-state index is -0.851. The molecule has 350 valence electrons. The lowest BCUT2D eigenvalue weighted by Gasteiger charge is -2.35. The van der Waals surface area contributed by atoms with Crippen molar-refractivity contribution in [3.05, 3.63) is 110 Å². The highest BCUT2D eigenvalue weighted by atomic mass is 19.1. The molecule has 3 aromatic heterocycles. The fourth-order valence-electron chi connectivity index (χ4n) is 11.4. The number of ether oxygens (including phenoxy) is 2. The Morgan fingerprint density at radius 2 is 1.78 bits per heavy atom. The van der Waals surface area contributed by atoms with Gasteiger partial charge in [0.1, 0.15) is 41.0 Å². The first kappa shape index (κ1) is 43.1. The first-order valence-corrected chi connectivity index (χ1v) is 23.3. The maximum Gasteiger partial charge on any atom is 0.438 e. The summed E-state index contributed by atoms with van der Waals surface area (Å²) < 4.78 is 51.9. The van der Waals surface area contributed by atoms with Gasteiger partial charge >= 0.3 is 11.8 Å². The zero-order valence-electron chi connectivity index (χ0n) is 39.0. The van der Waals surface area contributed by atoms with Crippen LogP contribution in [0.1, 0.15) is 117 Å². The van der Waals surface area contributed by atoms with Crippen LogP contribution in [0.25, 0.3) is 16.6 Å². The van der Waals surface area contributed by atoms with Crippen molar-refractivity contribution in [1.29, 1.82) is 0 Å². The van der Waals surface area contributed by atoms with Gasteiger partial charge in [-0.25, -0.2) is 23.1 Å². The maximum atomic E-state index is 15.7. The second-order valence-electron chi connectivity index (χ2n) is 20.2. The van der Waals surface area contributed by atoms with E-state index in [0.29, 0.717) is 82.8 Å². The molecule has 0 radical (unpaired) electrons. The van der Waals surface area contributed by atoms with Crippen molar-refractivity contribution in [3.63, 3.8) is 0 Å². The third-order valence-electron chi connectivity index (χ3n) is 14.7. The predicted molar refractivity (Wildman–Crippen MR) is 248 cm³/mol. The molecule has 15 nitrogen and oxygen atoms in total. The maximum absolute atomic E-state index is 15.7. The average molecular weight is 916 g/mol. The number of amides is 3. The number of H-pyrrole nitrogens is 1. The molecule has 2 saturated heterocycles. The number of nitrogens with zero attached hydrogens (tertiary/aromatic N) is 7. The molecule has 67 heavy (non-hydrogen) atoms. The number of hydrogen-bond acceptors (Lipinski definition) is 9. The molecule has 4 aliphatic heterocycles. The number of carbonyl (C=O) groups is 2. The summed E-state index contributed by atoms with van der Waals surface area (Å²) in [5, 5.41) is 13.3. The van der Waals surface area contributed by atoms with Crippen LogP contribution < -0.4 is 25.6 Å². The molecule has 6 aromatic rings. The number of aromatic nitrogens is 5. The highest BCUT2D eigenvalue weighted by Crippen LogP contribution is 2.56. The van der Waals surface area contributed by atoms with E-state index in [0.717, 1.165) is 23.7 Å². The van der Waals surface area contributed by atoms with Crippen molar-refractivity contribution in [2.75, 3.05) is 41.4 Å². The van der Waals surface area contributed by atoms with Crippen molar-refractivity contribution in [2.24, 2.45) is 5.92 Å². The zero-order chi connectivity index (χ0) is 47.0. The van der Waals surface area contributed by atoms with Crippen LogP contribution in [0.15, 0.2) is 57.8 Å². The molecule has 17 heteroatoms. The summed E-state index contributed by atoms with van der Waals surface area (Å²) in [4.78, 5) is 51.0. The molecule has 5 atom stereocenters. The van der Waals surface area contributed by atoms with Gasteiger partial charge in [0.15, 0.2) is 5.82 Å². The summed E-state index contributed by atoms with van der Waals surface area (Å²) in [6.07, 6.45) is 2.72. The number of nitrogens with one attached hydrogen (secondary N) is 2. The fraction of sp³-hybridized carbons (Fsp3) is 0.460. The Bertz CT molecular complexity index is 3070. The smallest absolute Gasteiger partial charge is 0.438 e. The van der Waals surface area contributed by atoms with Crippen LogP contribution >= 0.6 is 0 Å². The van der Waals surface area contributed by atoms with E-state index in [9.17, 15) is 4.79 Å². The zero-order valence-corrected chi connectivity index (χ0v) is 39.0. The van der Waals surface area contributed by atoms with Gasteiger partial charge in [0.2, 0.25) is 0 Å². The first-order chi connectivity index (χ1) is 31.9. The minimum absolute atomic E-state index is 0.00422. The number of aryl methyl sites for hydroxylation is 2. The van der Waals surface area contributed by atoms with Crippen LogP contribution in [0.3, 0.4) is 0 Å². The van der Waals surface area contributed by atoms with E-state index in [2.05, 4.69) is 54.4 Å². The van der Waals surface area contributed by atoms with Crippen molar-refractivity contribution in [3.8, 4) is 11.4 Å². The third-order valence-corrected chi connectivity index (χ3v) is 14.7. The number of benzene rings is 3. The van der Waals surface area contributed by atoms with Gasteiger partial charge in [-0.2, -0.15) is 5.10 Å². The molecule has 3 aromatic carbocycles. The highest BCUT2D eigenvalue weighted by Gasteiger charge is 2.59. The summed E-state index contributed by atoms with van der Waals surface area (Å²) in [6, 6.07) is 13.2. The molecule has 5 aliphatic rings. The average Bonchev–Trinajstić information content (AvgIpc) is 3.74. The van der Waals surface area contributed by atoms with Gasteiger partial charge in [0, 0.05) is 54.2 Å². The van der Waals surface area contributed by atoms with Crippen molar-refractivity contribution in [1.82, 2.24) is 29.4 Å². The van der Waals surface area contributed by atoms with E-state index in [1.54, 1.807) is 46.5 Å². The third kappa shape index (κ3) is 6.77. The molecule has 1 saturated carbocycles. The van der Waals surface area contributed by atoms with E-state index in [1.165, 1.54) is 11.6 Å². The van der Waals surface area contributed by atoms with Gasteiger partial charge in [-0.3, -0.25) is 24.1 Å². The number of hydrogen-bond donors (Lipinski definition) is 2. The largest absolute Gasteiger partial charge is 0.489 e.